The van der Waals surface area contributed by atoms with E-state index in [0.717, 1.165) is 38.4 Å². The van der Waals surface area contributed by atoms with Crippen LogP contribution in [0, 0.1) is 6.92 Å². The molecule has 0 N–H and O–H groups in total. The molecular formula is C27H26N2O2S. The van der Waals surface area contributed by atoms with Crippen molar-refractivity contribution in [2.75, 3.05) is 12.9 Å². The fourth-order valence-corrected chi connectivity index (χ4v) is 4.54. The van der Waals surface area contributed by atoms with Gasteiger partial charge in [-0.2, -0.15) is 0 Å². The van der Waals surface area contributed by atoms with Crippen molar-refractivity contribution >= 4 is 28.6 Å². The van der Waals surface area contributed by atoms with Gasteiger partial charge in [-0.25, -0.2) is 4.98 Å². The van der Waals surface area contributed by atoms with Gasteiger partial charge >= 0.3 is 0 Å². The van der Waals surface area contributed by atoms with E-state index in [9.17, 15) is 4.79 Å². The van der Waals surface area contributed by atoms with E-state index in [1.54, 1.807) is 7.11 Å². The van der Waals surface area contributed by atoms with Crippen molar-refractivity contribution < 1.29 is 9.53 Å². The number of hydrogen-bond acceptors (Lipinski definition) is 4. The third-order valence-electron chi connectivity index (χ3n) is 5.33. The molecule has 3 aromatic carbocycles. The zero-order valence-corrected chi connectivity index (χ0v) is 19.1. The number of ether oxygens (including phenoxy) is 1. The van der Waals surface area contributed by atoms with Gasteiger partial charge < -0.3 is 9.64 Å². The van der Waals surface area contributed by atoms with Crippen molar-refractivity contribution in [1.29, 1.82) is 0 Å². The predicted molar refractivity (Wildman–Crippen MR) is 131 cm³/mol. The van der Waals surface area contributed by atoms with Crippen molar-refractivity contribution in [3.8, 4) is 5.75 Å². The van der Waals surface area contributed by atoms with Crippen LogP contribution in [-0.2, 0) is 17.9 Å². The first-order valence-corrected chi connectivity index (χ1v) is 11.6. The first-order valence-electron chi connectivity index (χ1n) is 10.6. The molecule has 1 heterocycles. The maximum atomic E-state index is 13.2. The molecule has 32 heavy (non-hydrogen) atoms. The monoisotopic (exact) mass is 442 g/mol. The zero-order chi connectivity index (χ0) is 22.3. The number of amides is 1. The molecule has 0 saturated heterocycles. The van der Waals surface area contributed by atoms with Gasteiger partial charge in [0.05, 0.1) is 17.9 Å². The highest BCUT2D eigenvalue weighted by Gasteiger charge is 2.16. The summed E-state index contributed by atoms with van der Waals surface area (Å²) < 4.78 is 5.49. The molecule has 0 fully saturated rings. The average molecular weight is 443 g/mol. The summed E-state index contributed by atoms with van der Waals surface area (Å²) in [5.41, 5.74) is 4.18. The average Bonchev–Trinajstić information content (AvgIpc) is 2.83. The SMILES string of the molecule is COc1cccc2c(C)cc(SCC(=O)N(Cc3ccccc3)Cc3ccccc3)nc12. The van der Waals surface area contributed by atoms with Gasteiger partial charge in [0, 0.05) is 18.5 Å². The maximum Gasteiger partial charge on any atom is 0.233 e. The quantitative estimate of drug-likeness (QED) is 0.320. The number of hydrogen-bond donors (Lipinski definition) is 0. The van der Waals surface area contributed by atoms with Crippen LogP contribution in [0.3, 0.4) is 0 Å². The van der Waals surface area contributed by atoms with E-state index in [-0.39, 0.29) is 5.91 Å². The van der Waals surface area contributed by atoms with Crippen molar-refractivity contribution in [1.82, 2.24) is 9.88 Å². The first kappa shape index (κ1) is 21.9. The number of aromatic nitrogens is 1. The highest BCUT2D eigenvalue weighted by Crippen LogP contribution is 2.29. The second-order valence-corrected chi connectivity index (χ2v) is 8.64. The molecule has 1 aromatic heterocycles. The third-order valence-corrected chi connectivity index (χ3v) is 6.23. The summed E-state index contributed by atoms with van der Waals surface area (Å²) in [6.45, 7) is 3.21. The van der Waals surface area contributed by atoms with Gasteiger partial charge in [-0.1, -0.05) is 84.6 Å². The molecule has 0 aliphatic carbocycles. The molecule has 162 valence electrons. The van der Waals surface area contributed by atoms with Crippen molar-refractivity contribution in [3.05, 3.63) is 102 Å². The summed E-state index contributed by atoms with van der Waals surface area (Å²) >= 11 is 1.47. The molecule has 0 aliphatic rings. The highest BCUT2D eigenvalue weighted by molar-refractivity contribution is 7.99. The molecule has 0 unspecified atom stereocenters. The van der Waals surface area contributed by atoms with Crippen LogP contribution in [0.25, 0.3) is 10.9 Å². The van der Waals surface area contributed by atoms with Crippen molar-refractivity contribution in [2.24, 2.45) is 0 Å². The molecule has 1 amide bonds. The molecule has 0 aliphatic heterocycles. The van der Waals surface area contributed by atoms with Crippen LogP contribution in [-0.4, -0.2) is 28.7 Å². The van der Waals surface area contributed by atoms with Crippen LogP contribution in [0.2, 0.25) is 0 Å². The Balaban J connectivity index is 1.52. The maximum absolute atomic E-state index is 13.2. The minimum absolute atomic E-state index is 0.0854. The van der Waals surface area contributed by atoms with Crippen LogP contribution >= 0.6 is 11.8 Å². The van der Waals surface area contributed by atoms with Gasteiger partial charge in [0.1, 0.15) is 11.3 Å². The van der Waals surface area contributed by atoms with E-state index in [2.05, 4.69) is 31.2 Å². The summed E-state index contributed by atoms with van der Waals surface area (Å²) in [5.74, 6) is 1.16. The second-order valence-electron chi connectivity index (χ2n) is 7.64. The number of fused-ring (bicyclic) bond motifs is 1. The molecule has 0 atom stereocenters. The Morgan fingerprint density at radius 2 is 1.53 bits per heavy atom. The summed E-state index contributed by atoms with van der Waals surface area (Å²) in [6, 6.07) is 28.2. The molecule has 0 radical (unpaired) electrons. The van der Waals surface area contributed by atoms with Gasteiger partial charge in [-0.3, -0.25) is 4.79 Å². The molecule has 4 rings (SSSR count). The summed E-state index contributed by atoms with van der Waals surface area (Å²) in [5, 5.41) is 1.89. The number of methoxy groups -OCH3 is 1. The topological polar surface area (TPSA) is 42.4 Å². The fraction of sp³-hybridized carbons (Fsp3) is 0.185. The zero-order valence-electron chi connectivity index (χ0n) is 18.3. The largest absolute Gasteiger partial charge is 0.494 e. The van der Waals surface area contributed by atoms with Gasteiger partial charge in [0.2, 0.25) is 5.91 Å². The Hall–Kier alpha value is -3.31. The van der Waals surface area contributed by atoms with Crippen LogP contribution < -0.4 is 4.74 Å². The van der Waals surface area contributed by atoms with Crippen LogP contribution in [0.4, 0.5) is 0 Å². The van der Waals surface area contributed by atoms with Gasteiger partial charge in [0.25, 0.3) is 0 Å². The van der Waals surface area contributed by atoms with E-state index in [1.165, 1.54) is 11.8 Å². The third kappa shape index (κ3) is 5.29. The summed E-state index contributed by atoms with van der Waals surface area (Å²) in [6.07, 6.45) is 0. The Bertz CT molecular complexity index is 1150. The number of nitrogens with zero attached hydrogens (tertiary/aromatic N) is 2. The van der Waals surface area contributed by atoms with Crippen LogP contribution in [0.15, 0.2) is 90.0 Å². The molecule has 0 bridgehead atoms. The highest BCUT2D eigenvalue weighted by atomic mass is 32.2. The lowest BCUT2D eigenvalue weighted by molar-refractivity contribution is -0.129. The minimum Gasteiger partial charge on any atom is -0.494 e. The minimum atomic E-state index is 0.0854. The molecule has 0 saturated carbocycles. The van der Waals surface area contributed by atoms with Gasteiger partial charge in [0.15, 0.2) is 0 Å². The summed E-state index contributed by atoms with van der Waals surface area (Å²) in [7, 11) is 1.65. The molecular weight excluding hydrogens is 416 g/mol. The molecule has 0 spiro atoms. The van der Waals surface area contributed by atoms with E-state index in [1.807, 2.05) is 65.6 Å². The van der Waals surface area contributed by atoms with Gasteiger partial charge in [-0.05, 0) is 35.7 Å². The number of carbonyl (C=O) groups excluding carboxylic acids is 1. The lowest BCUT2D eigenvalue weighted by Gasteiger charge is -2.23. The second kappa shape index (κ2) is 10.3. The van der Waals surface area contributed by atoms with Gasteiger partial charge in [-0.15, -0.1) is 0 Å². The number of para-hydroxylation sites is 1. The normalized spacial score (nSPS) is 10.8. The summed E-state index contributed by atoms with van der Waals surface area (Å²) in [4.78, 5) is 19.9. The number of benzene rings is 3. The lowest BCUT2D eigenvalue weighted by Crippen LogP contribution is -2.31. The van der Waals surface area contributed by atoms with E-state index in [4.69, 9.17) is 9.72 Å². The number of pyridine rings is 1. The fourth-order valence-electron chi connectivity index (χ4n) is 3.67. The number of carbonyl (C=O) groups is 1. The Morgan fingerprint density at radius 1 is 0.906 bits per heavy atom. The smallest absolute Gasteiger partial charge is 0.233 e. The molecule has 4 aromatic rings. The molecule has 5 heteroatoms. The predicted octanol–water partition coefficient (Wildman–Crippen LogP) is 5.87. The number of thioether (sulfide) groups is 1. The van der Waals surface area contributed by atoms with Crippen molar-refractivity contribution in [3.63, 3.8) is 0 Å². The first-order chi connectivity index (χ1) is 15.6. The number of aryl methyl sites for hydroxylation is 1. The Labute approximate surface area is 193 Å². The van der Waals surface area contributed by atoms with Crippen LogP contribution in [0.5, 0.6) is 5.75 Å². The van der Waals surface area contributed by atoms with Crippen LogP contribution in [0.1, 0.15) is 16.7 Å². The van der Waals surface area contributed by atoms with E-state index >= 15 is 0 Å². The Kier molecular flexibility index (Phi) is 7.07. The van der Waals surface area contributed by atoms with Crippen molar-refractivity contribution in [2.45, 2.75) is 25.0 Å². The Morgan fingerprint density at radius 3 is 2.12 bits per heavy atom. The standard InChI is InChI=1S/C27H26N2O2S/c1-20-16-25(28-27-23(20)14-9-15-24(27)31-2)32-19-26(30)29(17-21-10-5-3-6-11-21)18-22-12-7-4-8-13-22/h3-16H,17-19H2,1-2H3. The molecule has 4 nitrogen and oxygen atoms in total. The van der Waals surface area contributed by atoms with E-state index < -0.39 is 0 Å². The number of rotatable bonds is 8. The van der Waals surface area contributed by atoms with E-state index in [0.29, 0.717) is 18.8 Å². The lowest BCUT2D eigenvalue weighted by atomic mass is 10.1.